The summed E-state index contributed by atoms with van der Waals surface area (Å²) in [5.74, 6) is -0.0533. The average Bonchev–Trinajstić information content (AvgIpc) is 3.17. The van der Waals surface area contributed by atoms with Crippen LogP contribution in [0.3, 0.4) is 0 Å². The summed E-state index contributed by atoms with van der Waals surface area (Å²) in [7, 11) is 0. The number of anilines is 1. The van der Waals surface area contributed by atoms with Crippen LogP contribution < -0.4 is 10.9 Å². The largest absolute Gasteiger partial charge is 0.325 e. The molecule has 0 bridgehead atoms. The highest BCUT2D eigenvalue weighted by Crippen LogP contribution is 2.24. The molecule has 1 amide bonds. The van der Waals surface area contributed by atoms with E-state index in [4.69, 9.17) is 0 Å². The first-order valence-corrected chi connectivity index (χ1v) is 10.9. The van der Waals surface area contributed by atoms with Crippen LogP contribution in [-0.4, -0.2) is 31.4 Å². The van der Waals surface area contributed by atoms with Crippen molar-refractivity contribution in [1.29, 1.82) is 0 Å². The number of carbonyl (C=O) groups is 1. The van der Waals surface area contributed by atoms with E-state index in [1.54, 1.807) is 4.68 Å². The first-order chi connectivity index (χ1) is 14.8. The van der Waals surface area contributed by atoms with Crippen LogP contribution in [-0.2, 0) is 10.2 Å². The summed E-state index contributed by atoms with van der Waals surface area (Å²) < 4.78 is 1.62. The number of H-pyrrole nitrogens is 1. The maximum Gasteiger partial charge on any atom is 0.262 e. The average molecular weight is 434 g/mol. The molecule has 2 aromatic heterocycles. The van der Waals surface area contributed by atoms with E-state index < -0.39 is 0 Å². The standard InChI is InChI=1S/C23H23N5O2S/c1-23(2,3)15-9-11-16(12-10-15)25-19(29)14-31-22-26-20-18(21(30)27-22)13-24-28(20)17-7-5-4-6-8-17/h4-13H,14H2,1-3H3,(H,25,29)(H,26,27,30). The normalized spacial score (nSPS) is 11.6. The van der Waals surface area contributed by atoms with Gasteiger partial charge in [-0.2, -0.15) is 5.10 Å². The second kappa shape index (κ2) is 8.39. The van der Waals surface area contributed by atoms with Gasteiger partial charge in [-0.05, 0) is 35.2 Å². The molecule has 2 heterocycles. The maximum absolute atomic E-state index is 12.4. The zero-order valence-electron chi connectivity index (χ0n) is 17.5. The third-order valence-electron chi connectivity index (χ3n) is 4.79. The van der Waals surface area contributed by atoms with Crippen LogP contribution in [0.4, 0.5) is 5.69 Å². The van der Waals surface area contributed by atoms with Crippen LogP contribution in [0, 0.1) is 0 Å². The van der Waals surface area contributed by atoms with Crippen molar-refractivity contribution in [1.82, 2.24) is 19.7 Å². The molecule has 0 aliphatic rings. The molecule has 0 aliphatic carbocycles. The monoisotopic (exact) mass is 433 g/mol. The van der Waals surface area contributed by atoms with Crippen LogP contribution in [0.1, 0.15) is 26.3 Å². The minimum Gasteiger partial charge on any atom is -0.325 e. The molecule has 158 valence electrons. The Bertz CT molecular complexity index is 1270. The summed E-state index contributed by atoms with van der Waals surface area (Å²) in [5.41, 5.74) is 2.97. The highest BCUT2D eigenvalue weighted by atomic mass is 32.2. The van der Waals surface area contributed by atoms with Crippen molar-refractivity contribution >= 4 is 34.4 Å². The van der Waals surface area contributed by atoms with Gasteiger partial charge in [-0.3, -0.25) is 9.59 Å². The predicted octanol–water partition coefficient (Wildman–Crippen LogP) is 4.14. The van der Waals surface area contributed by atoms with Gasteiger partial charge in [-0.1, -0.05) is 62.9 Å². The van der Waals surface area contributed by atoms with E-state index in [9.17, 15) is 9.59 Å². The molecule has 2 aromatic carbocycles. The SMILES string of the molecule is CC(C)(C)c1ccc(NC(=O)CSc2nc3c(cnn3-c3ccccc3)c(=O)[nH]2)cc1. The second-order valence-corrected chi connectivity index (χ2v) is 9.13. The minimum absolute atomic E-state index is 0.0564. The Morgan fingerprint density at radius 3 is 2.48 bits per heavy atom. The van der Waals surface area contributed by atoms with Crippen molar-refractivity contribution in [3.8, 4) is 5.69 Å². The molecule has 0 radical (unpaired) electrons. The maximum atomic E-state index is 12.4. The first-order valence-electron chi connectivity index (χ1n) is 9.88. The third kappa shape index (κ3) is 4.69. The van der Waals surface area contributed by atoms with Gasteiger partial charge in [0, 0.05) is 5.69 Å². The summed E-state index contributed by atoms with van der Waals surface area (Å²) in [4.78, 5) is 32.1. The number of para-hydroxylation sites is 1. The van der Waals surface area contributed by atoms with Gasteiger partial charge < -0.3 is 10.3 Å². The number of aromatic amines is 1. The van der Waals surface area contributed by atoms with Gasteiger partial charge in [0.15, 0.2) is 10.8 Å². The lowest BCUT2D eigenvalue weighted by Gasteiger charge is -2.19. The number of nitrogens with one attached hydrogen (secondary N) is 2. The van der Waals surface area contributed by atoms with Crippen LogP contribution in [0.5, 0.6) is 0 Å². The van der Waals surface area contributed by atoms with E-state index in [1.165, 1.54) is 23.5 Å². The van der Waals surface area contributed by atoms with Crippen molar-refractivity contribution in [3.05, 3.63) is 76.7 Å². The molecule has 0 saturated carbocycles. The number of rotatable bonds is 5. The van der Waals surface area contributed by atoms with Gasteiger partial charge in [0.2, 0.25) is 5.91 Å². The first kappa shape index (κ1) is 20.9. The Morgan fingerprint density at radius 1 is 1.10 bits per heavy atom. The van der Waals surface area contributed by atoms with Crippen LogP contribution >= 0.6 is 11.8 Å². The summed E-state index contributed by atoms with van der Waals surface area (Å²) in [6.45, 7) is 6.43. The molecule has 0 aliphatic heterocycles. The Morgan fingerprint density at radius 2 is 1.81 bits per heavy atom. The van der Waals surface area contributed by atoms with Crippen LogP contribution in [0.2, 0.25) is 0 Å². The number of amides is 1. The zero-order chi connectivity index (χ0) is 22.0. The Kier molecular flexibility index (Phi) is 5.65. The van der Waals surface area contributed by atoms with E-state index in [0.717, 1.165) is 11.4 Å². The molecule has 4 rings (SSSR count). The zero-order valence-corrected chi connectivity index (χ0v) is 18.4. The van der Waals surface area contributed by atoms with Crippen LogP contribution in [0.15, 0.2) is 70.7 Å². The molecule has 0 atom stereocenters. The highest BCUT2D eigenvalue weighted by molar-refractivity contribution is 7.99. The van der Waals surface area contributed by atoms with Gasteiger partial charge in [-0.15, -0.1) is 0 Å². The number of thioether (sulfide) groups is 1. The Balaban J connectivity index is 1.47. The second-order valence-electron chi connectivity index (χ2n) is 8.16. The molecular formula is C23H23N5O2S. The van der Waals surface area contributed by atoms with E-state index in [1.807, 2.05) is 54.6 Å². The molecule has 0 unspecified atom stereocenters. The van der Waals surface area contributed by atoms with E-state index >= 15 is 0 Å². The number of benzene rings is 2. The minimum atomic E-state index is -0.284. The fourth-order valence-corrected chi connectivity index (χ4v) is 3.77. The highest BCUT2D eigenvalue weighted by Gasteiger charge is 2.15. The van der Waals surface area contributed by atoms with E-state index in [2.05, 4.69) is 41.2 Å². The van der Waals surface area contributed by atoms with Crippen molar-refractivity contribution < 1.29 is 4.79 Å². The number of nitrogens with zero attached hydrogens (tertiary/aromatic N) is 3. The molecule has 0 spiro atoms. The number of hydrogen-bond acceptors (Lipinski definition) is 5. The van der Waals surface area contributed by atoms with Gasteiger partial charge in [0.1, 0.15) is 5.39 Å². The number of hydrogen-bond donors (Lipinski definition) is 2. The molecular weight excluding hydrogens is 410 g/mol. The van der Waals surface area contributed by atoms with Gasteiger partial charge in [0.25, 0.3) is 5.56 Å². The van der Waals surface area contributed by atoms with Gasteiger partial charge >= 0.3 is 0 Å². The van der Waals surface area contributed by atoms with E-state index in [0.29, 0.717) is 16.2 Å². The molecule has 2 N–H and O–H groups in total. The lowest BCUT2D eigenvalue weighted by Crippen LogP contribution is -2.16. The smallest absolute Gasteiger partial charge is 0.262 e. The Labute approximate surface area is 183 Å². The molecule has 31 heavy (non-hydrogen) atoms. The molecule has 7 nitrogen and oxygen atoms in total. The summed E-state index contributed by atoms with van der Waals surface area (Å²) in [6, 6.07) is 17.3. The fraction of sp³-hybridized carbons (Fsp3) is 0.217. The molecule has 4 aromatic rings. The number of fused-ring (bicyclic) bond motifs is 1. The number of carbonyl (C=O) groups excluding carboxylic acids is 1. The van der Waals surface area contributed by atoms with Gasteiger partial charge in [-0.25, -0.2) is 9.67 Å². The quantitative estimate of drug-likeness (QED) is 0.365. The summed E-state index contributed by atoms with van der Waals surface area (Å²) >= 11 is 1.17. The van der Waals surface area contributed by atoms with Crippen molar-refractivity contribution in [2.75, 3.05) is 11.1 Å². The lowest BCUT2D eigenvalue weighted by atomic mass is 9.87. The fourth-order valence-electron chi connectivity index (χ4n) is 3.11. The number of aromatic nitrogens is 4. The predicted molar refractivity (Wildman–Crippen MR) is 124 cm³/mol. The molecule has 0 saturated heterocycles. The third-order valence-corrected chi connectivity index (χ3v) is 5.67. The summed E-state index contributed by atoms with van der Waals surface area (Å²) in [5, 5.41) is 7.93. The van der Waals surface area contributed by atoms with Crippen LogP contribution in [0.25, 0.3) is 16.7 Å². The van der Waals surface area contributed by atoms with Crippen molar-refractivity contribution in [3.63, 3.8) is 0 Å². The van der Waals surface area contributed by atoms with Crippen molar-refractivity contribution in [2.45, 2.75) is 31.3 Å². The van der Waals surface area contributed by atoms with E-state index in [-0.39, 0.29) is 22.6 Å². The van der Waals surface area contributed by atoms with Crippen molar-refractivity contribution in [2.24, 2.45) is 0 Å². The molecule has 8 heteroatoms. The lowest BCUT2D eigenvalue weighted by molar-refractivity contribution is -0.113. The topological polar surface area (TPSA) is 92.7 Å². The van der Waals surface area contributed by atoms with Gasteiger partial charge in [0.05, 0.1) is 17.6 Å². The Hall–Kier alpha value is -3.39. The summed E-state index contributed by atoms with van der Waals surface area (Å²) in [6.07, 6.45) is 1.50. The molecule has 0 fully saturated rings.